The Labute approximate surface area is 146 Å². The number of carbonyl (C=O) groups is 1. The van der Waals surface area contributed by atoms with E-state index in [9.17, 15) is 4.79 Å². The van der Waals surface area contributed by atoms with Gasteiger partial charge in [0.25, 0.3) is 5.91 Å². The molecule has 0 atom stereocenters. The Morgan fingerprint density at radius 2 is 1.68 bits per heavy atom. The molecule has 7 heteroatoms. The van der Waals surface area contributed by atoms with Crippen LogP contribution in [-0.2, 0) is 6.54 Å². The molecule has 2 aromatic carbocycles. The van der Waals surface area contributed by atoms with Crippen molar-refractivity contribution in [2.45, 2.75) is 6.54 Å². The summed E-state index contributed by atoms with van der Waals surface area (Å²) in [4.78, 5) is 12.1. The number of nitrogens with one attached hydrogen (secondary N) is 1. The first-order chi connectivity index (χ1) is 12.1. The summed E-state index contributed by atoms with van der Waals surface area (Å²) in [5.74, 6) is 1.23. The van der Waals surface area contributed by atoms with E-state index in [-0.39, 0.29) is 5.91 Å². The molecule has 0 saturated heterocycles. The summed E-state index contributed by atoms with van der Waals surface area (Å²) in [6, 6.07) is 10.7. The summed E-state index contributed by atoms with van der Waals surface area (Å²) in [7, 11) is 4.61. The summed E-state index contributed by atoms with van der Waals surface area (Å²) in [6.45, 7) is 0.682. The van der Waals surface area contributed by atoms with E-state index in [2.05, 4.69) is 16.3 Å². The van der Waals surface area contributed by atoms with Gasteiger partial charge in [0.15, 0.2) is 11.5 Å². The van der Waals surface area contributed by atoms with Crippen LogP contribution in [0.5, 0.6) is 17.2 Å². The lowest BCUT2D eigenvalue weighted by atomic mass is 10.1. The molecule has 132 valence electrons. The lowest BCUT2D eigenvalue weighted by molar-refractivity contribution is -0.386. The molecule has 0 unspecified atom stereocenters. The van der Waals surface area contributed by atoms with Gasteiger partial charge in [-0.15, -0.1) is 0 Å². The standard InChI is InChI=1S/C18H21N3O4/c1-23-15-8-13(9-16(24-2)17(15)25-3)11-20-21-18(22)14-6-4-12(10-19)5-7-14/h4-9,11H,10,19H2,1-3H3,(H,21,22)/p+1/b20-11-. The molecule has 7 nitrogen and oxygen atoms in total. The maximum atomic E-state index is 12.1. The first kappa shape index (κ1) is 18.3. The average Bonchev–Trinajstić information content (AvgIpc) is 2.66. The van der Waals surface area contributed by atoms with Crippen molar-refractivity contribution in [2.75, 3.05) is 21.3 Å². The van der Waals surface area contributed by atoms with E-state index in [4.69, 9.17) is 14.2 Å². The van der Waals surface area contributed by atoms with Gasteiger partial charge in [-0.3, -0.25) is 4.79 Å². The number of nitrogens with zero attached hydrogens (tertiary/aromatic N) is 1. The predicted octanol–water partition coefficient (Wildman–Crippen LogP) is 1.22. The van der Waals surface area contributed by atoms with Crippen LogP contribution in [0.1, 0.15) is 21.5 Å². The minimum absolute atomic E-state index is 0.292. The van der Waals surface area contributed by atoms with Crippen LogP contribution in [0, 0.1) is 0 Å². The number of carbonyl (C=O) groups excluding carboxylic acids is 1. The average molecular weight is 344 g/mol. The van der Waals surface area contributed by atoms with Gasteiger partial charge in [-0.05, 0) is 24.3 Å². The monoisotopic (exact) mass is 344 g/mol. The Balaban J connectivity index is 2.11. The van der Waals surface area contributed by atoms with Crippen LogP contribution in [0.15, 0.2) is 41.5 Å². The van der Waals surface area contributed by atoms with Gasteiger partial charge in [0.1, 0.15) is 0 Å². The molecule has 0 heterocycles. The number of methoxy groups -OCH3 is 3. The fourth-order valence-electron chi connectivity index (χ4n) is 2.23. The van der Waals surface area contributed by atoms with E-state index in [0.717, 1.165) is 5.56 Å². The van der Waals surface area contributed by atoms with E-state index in [1.54, 1.807) is 24.3 Å². The largest absolute Gasteiger partial charge is 0.493 e. The van der Waals surface area contributed by atoms with Crippen molar-refractivity contribution in [3.63, 3.8) is 0 Å². The minimum atomic E-state index is -0.292. The highest BCUT2D eigenvalue weighted by atomic mass is 16.5. The fraction of sp³-hybridized carbons (Fsp3) is 0.222. The lowest BCUT2D eigenvalue weighted by Crippen LogP contribution is -2.47. The van der Waals surface area contributed by atoms with Gasteiger partial charge in [0.05, 0.1) is 34.1 Å². The molecule has 0 spiro atoms. The van der Waals surface area contributed by atoms with Gasteiger partial charge in [0, 0.05) is 16.7 Å². The summed E-state index contributed by atoms with van der Waals surface area (Å²) < 4.78 is 15.8. The Morgan fingerprint density at radius 1 is 1.08 bits per heavy atom. The molecule has 1 amide bonds. The Bertz CT molecular complexity index is 732. The van der Waals surface area contributed by atoms with Crippen LogP contribution in [0.2, 0.25) is 0 Å². The maximum Gasteiger partial charge on any atom is 0.271 e. The summed E-state index contributed by atoms with van der Waals surface area (Å²) in [5.41, 5.74) is 8.58. The molecule has 0 radical (unpaired) electrons. The number of benzene rings is 2. The van der Waals surface area contributed by atoms with Crippen LogP contribution in [0.25, 0.3) is 0 Å². The number of hydrogen-bond donors (Lipinski definition) is 2. The summed E-state index contributed by atoms with van der Waals surface area (Å²) >= 11 is 0. The molecule has 0 saturated carbocycles. The van der Waals surface area contributed by atoms with Crippen molar-refractivity contribution in [3.05, 3.63) is 53.1 Å². The zero-order valence-corrected chi connectivity index (χ0v) is 14.5. The van der Waals surface area contributed by atoms with E-state index in [0.29, 0.717) is 34.9 Å². The number of hydrogen-bond acceptors (Lipinski definition) is 5. The maximum absolute atomic E-state index is 12.1. The molecule has 0 bridgehead atoms. The number of quaternary nitrogens is 1. The zero-order valence-electron chi connectivity index (χ0n) is 14.5. The van der Waals surface area contributed by atoms with Crippen molar-refractivity contribution < 1.29 is 24.7 Å². The molecule has 0 aliphatic carbocycles. The second kappa shape index (κ2) is 8.70. The highest BCUT2D eigenvalue weighted by Crippen LogP contribution is 2.37. The predicted molar refractivity (Wildman–Crippen MR) is 94.2 cm³/mol. The second-order valence-electron chi connectivity index (χ2n) is 5.10. The summed E-state index contributed by atoms with van der Waals surface area (Å²) in [6.07, 6.45) is 1.51. The minimum Gasteiger partial charge on any atom is -0.493 e. The fourth-order valence-corrected chi connectivity index (χ4v) is 2.23. The van der Waals surface area contributed by atoms with E-state index in [1.165, 1.54) is 27.5 Å². The Morgan fingerprint density at radius 3 is 2.16 bits per heavy atom. The van der Waals surface area contributed by atoms with Gasteiger partial charge in [-0.25, -0.2) is 5.43 Å². The quantitative estimate of drug-likeness (QED) is 0.583. The summed E-state index contributed by atoms with van der Waals surface area (Å²) in [5, 5.41) is 3.98. The molecule has 4 N–H and O–H groups in total. The molecule has 2 aromatic rings. The Kier molecular flexibility index (Phi) is 6.36. The topological polar surface area (TPSA) is 96.8 Å². The van der Waals surface area contributed by atoms with Crippen molar-refractivity contribution in [1.82, 2.24) is 5.43 Å². The SMILES string of the molecule is COc1cc(/C=N\NC(=O)c2ccc(C[NH3+])cc2)cc(OC)c1OC. The van der Waals surface area contributed by atoms with Crippen LogP contribution >= 0.6 is 0 Å². The molecule has 25 heavy (non-hydrogen) atoms. The highest BCUT2D eigenvalue weighted by Gasteiger charge is 2.12. The zero-order chi connectivity index (χ0) is 18.2. The third-order valence-corrected chi connectivity index (χ3v) is 3.57. The van der Waals surface area contributed by atoms with E-state index >= 15 is 0 Å². The third kappa shape index (κ3) is 4.48. The molecular formula is C18H22N3O4+. The molecular weight excluding hydrogens is 322 g/mol. The molecule has 2 rings (SSSR count). The van der Waals surface area contributed by atoms with Crippen molar-refractivity contribution in [3.8, 4) is 17.2 Å². The smallest absolute Gasteiger partial charge is 0.271 e. The number of rotatable bonds is 7. The van der Waals surface area contributed by atoms with Gasteiger partial charge < -0.3 is 19.9 Å². The van der Waals surface area contributed by atoms with E-state index < -0.39 is 0 Å². The highest BCUT2D eigenvalue weighted by molar-refractivity contribution is 5.95. The molecule has 0 fully saturated rings. The molecule has 0 aromatic heterocycles. The van der Waals surface area contributed by atoms with Gasteiger partial charge >= 0.3 is 0 Å². The number of ether oxygens (including phenoxy) is 3. The number of hydrazone groups is 1. The first-order valence-corrected chi connectivity index (χ1v) is 7.64. The number of amides is 1. The van der Waals surface area contributed by atoms with Crippen molar-refractivity contribution in [2.24, 2.45) is 5.10 Å². The van der Waals surface area contributed by atoms with Gasteiger partial charge in [-0.2, -0.15) is 5.10 Å². The van der Waals surface area contributed by atoms with Gasteiger partial charge in [0.2, 0.25) is 5.75 Å². The van der Waals surface area contributed by atoms with Crippen LogP contribution in [0.3, 0.4) is 0 Å². The van der Waals surface area contributed by atoms with Crippen molar-refractivity contribution >= 4 is 12.1 Å². The van der Waals surface area contributed by atoms with Gasteiger partial charge in [-0.1, -0.05) is 12.1 Å². The molecule has 0 aliphatic rings. The lowest BCUT2D eigenvalue weighted by Gasteiger charge is -2.12. The van der Waals surface area contributed by atoms with Crippen LogP contribution in [-0.4, -0.2) is 33.5 Å². The van der Waals surface area contributed by atoms with Crippen molar-refractivity contribution in [1.29, 1.82) is 0 Å². The Hall–Kier alpha value is -3.06. The third-order valence-electron chi connectivity index (χ3n) is 3.57. The van der Waals surface area contributed by atoms with Crippen LogP contribution < -0.4 is 25.4 Å². The second-order valence-corrected chi connectivity index (χ2v) is 5.10. The normalized spacial score (nSPS) is 10.6. The molecule has 0 aliphatic heterocycles. The van der Waals surface area contributed by atoms with E-state index in [1.807, 2.05) is 12.1 Å². The van der Waals surface area contributed by atoms with Crippen LogP contribution in [0.4, 0.5) is 0 Å². The first-order valence-electron chi connectivity index (χ1n) is 7.64.